The van der Waals surface area contributed by atoms with Gasteiger partial charge in [0.05, 0.1) is 24.7 Å². The average molecular weight is 447 g/mol. The van der Waals surface area contributed by atoms with E-state index in [1.165, 1.54) is 17.2 Å². The van der Waals surface area contributed by atoms with Crippen LogP contribution in [-0.2, 0) is 19.1 Å². The number of hydrogen-bond acceptors (Lipinski definition) is 7. The smallest absolute Gasteiger partial charge is 0.201 e. The fourth-order valence-electron chi connectivity index (χ4n) is 7.54. The Balaban J connectivity index is 1.71. The predicted octanol–water partition coefficient (Wildman–Crippen LogP) is 1.69. The lowest BCUT2D eigenvalue weighted by atomic mass is 9.52. The van der Waals surface area contributed by atoms with E-state index in [9.17, 15) is 24.9 Å². The minimum Gasteiger partial charge on any atom is -0.388 e. The summed E-state index contributed by atoms with van der Waals surface area (Å²) in [6.07, 6.45) is 1.38. The van der Waals surface area contributed by atoms with Crippen molar-refractivity contribution >= 4 is 12.1 Å². The number of aldehydes is 1. The Morgan fingerprint density at radius 3 is 2.53 bits per heavy atom. The maximum absolute atomic E-state index is 13.0. The van der Waals surface area contributed by atoms with Gasteiger partial charge in [0.1, 0.15) is 12.4 Å². The fraction of sp³-hybridized carbons (Fsp3) is 0.760. The zero-order valence-corrected chi connectivity index (χ0v) is 19.2. The van der Waals surface area contributed by atoms with Crippen LogP contribution in [0.25, 0.3) is 0 Å². The van der Waals surface area contributed by atoms with Crippen LogP contribution in [0.2, 0.25) is 0 Å². The van der Waals surface area contributed by atoms with E-state index in [4.69, 9.17) is 9.47 Å². The number of carbonyl (C=O) groups excluding carboxylic acids is 2. The summed E-state index contributed by atoms with van der Waals surface area (Å²) in [7, 11) is 0. The number of ether oxygens (including phenoxy) is 2. The molecule has 0 aromatic heterocycles. The maximum atomic E-state index is 13.0. The number of Topliss-reactive ketones (excluding diaryl/α,β-unsaturated/α-hetero) is 1. The molecule has 0 spiro atoms. The number of aliphatic hydroxyl groups excluding tert-OH is 2. The third-order valence-corrected chi connectivity index (χ3v) is 9.24. The Hall–Kier alpha value is -1.38. The first-order valence-electron chi connectivity index (χ1n) is 11.8. The summed E-state index contributed by atoms with van der Waals surface area (Å²) < 4.78 is 11.8. The Kier molecular flexibility index (Phi) is 4.95. The topological polar surface area (TPSA) is 113 Å². The van der Waals surface area contributed by atoms with E-state index in [1.54, 1.807) is 0 Å². The molecule has 3 N–H and O–H groups in total. The molecule has 32 heavy (non-hydrogen) atoms. The lowest BCUT2D eigenvalue weighted by Crippen LogP contribution is -2.62. The van der Waals surface area contributed by atoms with Crippen LogP contribution in [0.5, 0.6) is 0 Å². The Bertz CT molecular complexity index is 921. The monoisotopic (exact) mass is 446 g/mol. The highest BCUT2D eigenvalue weighted by Gasteiger charge is 2.71. The molecule has 0 bridgehead atoms. The van der Waals surface area contributed by atoms with E-state index < -0.39 is 47.3 Å². The van der Waals surface area contributed by atoms with Crippen molar-refractivity contribution in [2.45, 2.75) is 83.6 Å². The maximum Gasteiger partial charge on any atom is 0.201 e. The molecule has 0 radical (unpaired) electrons. The van der Waals surface area contributed by atoms with Gasteiger partial charge in [-0.25, -0.2) is 0 Å². The fourth-order valence-corrected chi connectivity index (χ4v) is 7.54. The molecule has 0 aromatic carbocycles. The molecule has 0 aromatic rings. The normalized spacial score (nSPS) is 50.4. The second-order valence-electron chi connectivity index (χ2n) is 11.3. The number of allylic oxidation sites excluding steroid dienone is 1. The van der Waals surface area contributed by atoms with Crippen LogP contribution in [0.15, 0.2) is 22.8 Å². The Morgan fingerprint density at radius 2 is 1.88 bits per heavy atom. The van der Waals surface area contributed by atoms with Gasteiger partial charge in [0.15, 0.2) is 11.9 Å². The molecule has 2 saturated heterocycles. The second-order valence-corrected chi connectivity index (χ2v) is 11.3. The number of aliphatic hydroxyl groups is 3. The molecule has 3 fully saturated rings. The van der Waals surface area contributed by atoms with Crippen molar-refractivity contribution < 1.29 is 34.4 Å². The van der Waals surface area contributed by atoms with Crippen molar-refractivity contribution in [2.24, 2.45) is 28.6 Å². The van der Waals surface area contributed by atoms with E-state index in [1.807, 2.05) is 6.92 Å². The summed E-state index contributed by atoms with van der Waals surface area (Å²) >= 11 is 0. The van der Waals surface area contributed by atoms with Gasteiger partial charge in [-0.2, -0.15) is 0 Å². The SMILES string of the molecule is CC(C)C1=C2[C@H]3[C@@H](O)C=C(C=O)[C@@H]4[C@H](O[C@@H]5OC[C@@H](O)C(=O)[C@@]54O)[C@]3(C)CC[C@@]2(C)CC1. The van der Waals surface area contributed by atoms with Crippen molar-refractivity contribution in [1.82, 2.24) is 0 Å². The Labute approximate surface area is 188 Å². The van der Waals surface area contributed by atoms with Gasteiger partial charge >= 0.3 is 0 Å². The van der Waals surface area contributed by atoms with Crippen molar-refractivity contribution in [1.29, 1.82) is 0 Å². The highest BCUT2D eigenvalue weighted by Crippen LogP contribution is 2.66. The molecule has 9 atom stereocenters. The molecule has 2 heterocycles. The minimum atomic E-state index is -2.17. The van der Waals surface area contributed by atoms with E-state index >= 15 is 0 Å². The number of carbonyl (C=O) groups is 2. The van der Waals surface area contributed by atoms with Crippen LogP contribution < -0.4 is 0 Å². The molecule has 7 heteroatoms. The molecular formula is C25H34O7. The number of ketones is 1. The molecular weight excluding hydrogens is 412 g/mol. The van der Waals surface area contributed by atoms with Gasteiger partial charge in [0.2, 0.25) is 5.78 Å². The van der Waals surface area contributed by atoms with Crippen LogP contribution in [0.1, 0.15) is 53.4 Å². The van der Waals surface area contributed by atoms with E-state index in [2.05, 4.69) is 20.8 Å². The van der Waals surface area contributed by atoms with Crippen molar-refractivity contribution in [2.75, 3.05) is 6.61 Å². The number of rotatable bonds is 2. The van der Waals surface area contributed by atoms with Crippen molar-refractivity contribution in [3.63, 3.8) is 0 Å². The minimum absolute atomic E-state index is 0.0233. The van der Waals surface area contributed by atoms with E-state index in [-0.39, 0.29) is 23.5 Å². The molecule has 0 amide bonds. The van der Waals surface area contributed by atoms with Gasteiger partial charge in [0.25, 0.3) is 0 Å². The molecule has 7 nitrogen and oxygen atoms in total. The third kappa shape index (κ3) is 2.66. The highest BCUT2D eigenvalue weighted by atomic mass is 16.7. The van der Waals surface area contributed by atoms with Gasteiger partial charge in [-0.05, 0) is 48.7 Å². The van der Waals surface area contributed by atoms with Crippen LogP contribution in [0.3, 0.4) is 0 Å². The zero-order valence-electron chi connectivity index (χ0n) is 19.2. The van der Waals surface area contributed by atoms with Crippen molar-refractivity contribution in [3.8, 4) is 0 Å². The number of fused-ring (bicyclic) bond motifs is 7. The summed E-state index contributed by atoms with van der Waals surface area (Å²) in [5.74, 6) is -1.75. The predicted molar refractivity (Wildman–Crippen MR) is 114 cm³/mol. The second kappa shape index (κ2) is 7.06. The Morgan fingerprint density at radius 1 is 1.16 bits per heavy atom. The van der Waals surface area contributed by atoms with Crippen LogP contribution in [0.4, 0.5) is 0 Å². The van der Waals surface area contributed by atoms with Gasteiger partial charge in [-0.1, -0.05) is 38.8 Å². The molecule has 176 valence electrons. The van der Waals surface area contributed by atoms with Gasteiger partial charge in [-0.3, -0.25) is 9.59 Å². The standard InChI is InChI=1S/C25H34O7/c1-12(2)14-5-6-23(3)7-8-24(4)19(18(14)23)15(27)9-13(10-26)17-21(24)32-22-25(17,30)20(29)16(28)11-31-22/h9-10,12,15-17,19,21-22,27-28,30H,5-8,11H2,1-4H3/t15-,16+,17+,19+,21-,22-,23+,24+,25+/m0/s1. The summed E-state index contributed by atoms with van der Waals surface area (Å²) in [4.78, 5) is 25.2. The van der Waals surface area contributed by atoms with Gasteiger partial charge in [0, 0.05) is 11.3 Å². The molecule has 0 unspecified atom stereocenters. The summed E-state index contributed by atoms with van der Waals surface area (Å²) in [5, 5.41) is 33.2. The summed E-state index contributed by atoms with van der Waals surface area (Å²) in [5.41, 5.74) is -0.0667. The molecule has 2 aliphatic heterocycles. The number of hydrogen-bond donors (Lipinski definition) is 3. The first kappa shape index (κ1) is 22.4. The van der Waals surface area contributed by atoms with Crippen molar-refractivity contribution in [3.05, 3.63) is 22.8 Å². The quantitative estimate of drug-likeness (QED) is 0.437. The lowest BCUT2D eigenvalue weighted by molar-refractivity contribution is -0.242. The highest BCUT2D eigenvalue weighted by molar-refractivity contribution is 5.95. The summed E-state index contributed by atoms with van der Waals surface area (Å²) in [6, 6.07) is 0. The van der Waals surface area contributed by atoms with Crippen LogP contribution in [0, 0.1) is 28.6 Å². The molecule has 5 rings (SSSR count). The lowest BCUT2D eigenvalue weighted by Gasteiger charge is -2.53. The zero-order chi connectivity index (χ0) is 23.2. The molecule has 1 saturated carbocycles. The van der Waals surface area contributed by atoms with E-state index in [0.29, 0.717) is 12.2 Å². The summed E-state index contributed by atoms with van der Waals surface area (Å²) in [6.45, 7) is 8.41. The first-order valence-corrected chi connectivity index (χ1v) is 11.8. The van der Waals surface area contributed by atoms with E-state index in [0.717, 1.165) is 25.7 Å². The first-order chi connectivity index (χ1) is 15.0. The largest absolute Gasteiger partial charge is 0.388 e. The van der Waals surface area contributed by atoms with Crippen LogP contribution >= 0.6 is 0 Å². The third-order valence-electron chi connectivity index (χ3n) is 9.24. The van der Waals surface area contributed by atoms with Gasteiger partial charge < -0.3 is 24.8 Å². The van der Waals surface area contributed by atoms with Gasteiger partial charge in [-0.15, -0.1) is 0 Å². The molecule has 3 aliphatic carbocycles. The average Bonchev–Trinajstić information content (AvgIpc) is 3.22. The van der Waals surface area contributed by atoms with Crippen LogP contribution in [-0.4, -0.2) is 64.2 Å². The molecule has 5 aliphatic rings.